The van der Waals surface area contributed by atoms with E-state index in [-0.39, 0.29) is 13.0 Å². The number of esters is 2. The maximum absolute atomic E-state index is 14.8. The molecule has 240 valence electrons. The van der Waals surface area contributed by atoms with E-state index in [2.05, 4.69) is 95.9 Å². The molecule has 0 aromatic heterocycles. The molecule has 0 saturated carbocycles. The third kappa shape index (κ3) is 5.14. The summed E-state index contributed by atoms with van der Waals surface area (Å²) in [5, 5.41) is 2.20. The quantitative estimate of drug-likeness (QED) is 0.156. The lowest BCUT2D eigenvalue weighted by molar-refractivity contribution is -0.151. The molecular weight excluding hydrogens is 606 g/mol. The summed E-state index contributed by atoms with van der Waals surface area (Å²) in [6.07, 6.45) is -0.0472. The van der Waals surface area contributed by atoms with E-state index >= 15 is 0 Å². The minimum Gasteiger partial charge on any atom is -0.469 e. The van der Waals surface area contributed by atoms with E-state index in [1.54, 1.807) is 0 Å². The van der Waals surface area contributed by atoms with Crippen molar-refractivity contribution < 1.29 is 19.1 Å². The second-order valence-electron chi connectivity index (χ2n) is 12.6. The van der Waals surface area contributed by atoms with Crippen molar-refractivity contribution in [2.45, 2.75) is 24.6 Å². The molecule has 1 aliphatic heterocycles. The fraction of sp³-hybridized carbons (Fsp3) is 0.136. The Hall–Kier alpha value is -5.78. The van der Waals surface area contributed by atoms with Crippen LogP contribution in [0.5, 0.6) is 0 Å². The first-order valence-electron chi connectivity index (χ1n) is 16.6. The Morgan fingerprint density at radius 1 is 0.694 bits per heavy atom. The van der Waals surface area contributed by atoms with Gasteiger partial charge >= 0.3 is 11.9 Å². The van der Waals surface area contributed by atoms with Gasteiger partial charge in [-0.15, -0.1) is 0 Å². The lowest BCUT2D eigenvalue weighted by Crippen LogP contribution is -2.53. The van der Waals surface area contributed by atoms with Crippen molar-refractivity contribution in [2.75, 3.05) is 13.7 Å². The number of fused-ring (bicyclic) bond motifs is 4. The first-order chi connectivity index (χ1) is 24.1. The smallest absolute Gasteiger partial charge is 0.328 e. The number of hydrogen-bond acceptors (Lipinski definition) is 5. The molecular formula is C44H35NO4. The normalized spacial score (nSPS) is 16.3. The van der Waals surface area contributed by atoms with Crippen LogP contribution in [-0.4, -0.2) is 36.5 Å². The van der Waals surface area contributed by atoms with Gasteiger partial charge in [0, 0.05) is 6.54 Å². The van der Waals surface area contributed by atoms with Crippen molar-refractivity contribution in [1.82, 2.24) is 4.90 Å². The first kappa shape index (κ1) is 30.5. The molecule has 6 aromatic rings. The molecule has 0 spiro atoms. The third-order valence-corrected chi connectivity index (χ3v) is 10.0. The minimum absolute atomic E-state index is 0.0472. The number of hydrogen-bond donors (Lipinski definition) is 0. The van der Waals surface area contributed by atoms with Gasteiger partial charge in [-0.1, -0.05) is 146 Å². The molecule has 49 heavy (non-hydrogen) atoms. The molecule has 0 amide bonds. The standard InChI is InChI=1S/C44H35NO4/c1-48-41(46)27-37-38(33-25-24-31-16-8-9-17-32(31)26-33)28-45(42(37)43(47)49-29-30-14-4-2-5-15-30)44(34-18-6-3-7-19-34)39-22-12-10-20-35(39)36-21-11-13-23-40(36)44/h2-26,42H,27-29H2,1H3/t42-/m0/s1. The summed E-state index contributed by atoms with van der Waals surface area (Å²) in [5.74, 6) is -0.812. The van der Waals surface area contributed by atoms with Crippen LogP contribution in [0.4, 0.5) is 0 Å². The maximum Gasteiger partial charge on any atom is 0.328 e. The molecule has 0 bridgehead atoms. The Kier molecular flexibility index (Phi) is 7.90. The molecule has 0 fully saturated rings. The van der Waals surface area contributed by atoms with E-state index in [1.807, 2.05) is 60.7 Å². The van der Waals surface area contributed by atoms with Gasteiger partial charge in [0.1, 0.15) is 12.6 Å². The van der Waals surface area contributed by atoms with Gasteiger partial charge in [-0.3, -0.25) is 9.69 Å². The predicted octanol–water partition coefficient (Wildman–Crippen LogP) is 8.56. The summed E-state index contributed by atoms with van der Waals surface area (Å²) in [6, 6.07) is 50.7. The van der Waals surface area contributed by atoms with Crippen molar-refractivity contribution in [2.24, 2.45) is 0 Å². The average Bonchev–Trinajstić information content (AvgIpc) is 3.68. The van der Waals surface area contributed by atoms with Crippen molar-refractivity contribution in [3.63, 3.8) is 0 Å². The number of rotatable bonds is 8. The van der Waals surface area contributed by atoms with Crippen molar-refractivity contribution in [3.8, 4) is 11.1 Å². The molecule has 5 nitrogen and oxygen atoms in total. The van der Waals surface area contributed by atoms with Gasteiger partial charge in [-0.2, -0.15) is 0 Å². The van der Waals surface area contributed by atoms with Gasteiger partial charge in [0.15, 0.2) is 0 Å². The third-order valence-electron chi connectivity index (χ3n) is 10.0. The second-order valence-corrected chi connectivity index (χ2v) is 12.6. The van der Waals surface area contributed by atoms with Gasteiger partial charge in [0.05, 0.1) is 19.1 Å². The summed E-state index contributed by atoms with van der Waals surface area (Å²) in [7, 11) is 1.39. The summed E-state index contributed by atoms with van der Waals surface area (Å²) in [6.45, 7) is 0.514. The minimum atomic E-state index is -0.885. The summed E-state index contributed by atoms with van der Waals surface area (Å²) >= 11 is 0. The van der Waals surface area contributed by atoms with Crippen LogP contribution in [-0.2, 0) is 31.2 Å². The summed E-state index contributed by atoms with van der Waals surface area (Å²) in [5.41, 5.74) is 8.04. The highest BCUT2D eigenvalue weighted by Gasteiger charge is 2.56. The highest BCUT2D eigenvalue weighted by atomic mass is 16.5. The van der Waals surface area contributed by atoms with E-state index in [0.717, 1.165) is 55.3 Å². The van der Waals surface area contributed by atoms with Gasteiger partial charge in [-0.05, 0) is 66.9 Å². The van der Waals surface area contributed by atoms with Crippen LogP contribution in [0, 0.1) is 0 Å². The van der Waals surface area contributed by atoms with Crippen LogP contribution in [0.25, 0.3) is 27.5 Å². The Morgan fingerprint density at radius 2 is 1.29 bits per heavy atom. The predicted molar refractivity (Wildman–Crippen MR) is 192 cm³/mol. The van der Waals surface area contributed by atoms with E-state index in [0.29, 0.717) is 12.1 Å². The zero-order valence-corrected chi connectivity index (χ0v) is 27.2. The van der Waals surface area contributed by atoms with Crippen LogP contribution in [0.2, 0.25) is 0 Å². The van der Waals surface area contributed by atoms with E-state index in [4.69, 9.17) is 9.47 Å². The Bertz CT molecular complexity index is 2180. The SMILES string of the molecule is COC(=O)CC1=C(c2ccc3ccccc3c2)CN(C2(c3ccccc3)c3ccccc3-c3ccccc32)[C@@H]1C(=O)OCc1ccccc1. The Labute approximate surface area is 286 Å². The molecule has 0 N–H and O–H groups in total. The van der Waals surface area contributed by atoms with E-state index < -0.39 is 23.5 Å². The molecule has 5 heteroatoms. The summed E-state index contributed by atoms with van der Waals surface area (Å²) < 4.78 is 11.5. The van der Waals surface area contributed by atoms with Crippen molar-refractivity contribution in [3.05, 3.63) is 185 Å². The van der Waals surface area contributed by atoms with Crippen LogP contribution in [0.15, 0.2) is 157 Å². The first-order valence-corrected chi connectivity index (χ1v) is 16.6. The van der Waals surface area contributed by atoms with Gasteiger partial charge in [0.2, 0.25) is 0 Å². The Morgan fingerprint density at radius 3 is 1.96 bits per heavy atom. The molecule has 0 unspecified atom stereocenters. The highest BCUT2D eigenvalue weighted by molar-refractivity contribution is 5.95. The van der Waals surface area contributed by atoms with Crippen LogP contribution in [0.3, 0.4) is 0 Å². The lowest BCUT2D eigenvalue weighted by Gasteiger charge is -2.44. The number of nitrogens with zero attached hydrogens (tertiary/aromatic N) is 1. The number of ether oxygens (including phenoxy) is 2. The molecule has 6 aromatic carbocycles. The number of methoxy groups -OCH3 is 1. The molecule has 0 radical (unpaired) electrons. The molecule has 1 heterocycles. The lowest BCUT2D eigenvalue weighted by atomic mass is 9.78. The second kappa shape index (κ2) is 12.7. The number of carbonyl (C=O) groups is 2. The zero-order valence-electron chi connectivity index (χ0n) is 27.2. The van der Waals surface area contributed by atoms with E-state index in [1.165, 1.54) is 7.11 Å². The molecule has 1 atom stereocenters. The van der Waals surface area contributed by atoms with Crippen LogP contribution >= 0.6 is 0 Å². The van der Waals surface area contributed by atoms with Crippen LogP contribution < -0.4 is 0 Å². The van der Waals surface area contributed by atoms with Gasteiger partial charge in [-0.25, -0.2) is 4.79 Å². The highest BCUT2D eigenvalue weighted by Crippen LogP contribution is 2.57. The number of benzene rings is 6. The van der Waals surface area contributed by atoms with Gasteiger partial charge in [0.25, 0.3) is 0 Å². The molecule has 2 aliphatic rings. The maximum atomic E-state index is 14.8. The fourth-order valence-electron chi connectivity index (χ4n) is 7.87. The average molecular weight is 642 g/mol. The number of carbonyl (C=O) groups excluding carboxylic acids is 2. The monoisotopic (exact) mass is 641 g/mol. The van der Waals surface area contributed by atoms with E-state index in [9.17, 15) is 9.59 Å². The Balaban J connectivity index is 1.38. The molecule has 0 saturated heterocycles. The van der Waals surface area contributed by atoms with Gasteiger partial charge < -0.3 is 9.47 Å². The fourth-order valence-corrected chi connectivity index (χ4v) is 7.87. The largest absolute Gasteiger partial charge is 0.469 e. The molecule has 8 rings (SSSR count). The topological polar surface area (TPSA) is 55.8 Å². The molecule has 1 aliphatic carbocycles. The summed E-state index contributed by atoms with van der Waals surface area (Å²) in [4.78, 5) is 30.3. The zero-order chi connectivity index (χ0) is 33.4. The van der Waals surface area contributed by atoms with Crippen LogP contribution in [0.1, 0.15) is 34.2 Å². The van der Waals surface area contributed by atoms with Crippen molar-refractivity contribution >= 4 is 28.3 Å². The van der Waals surface area contributed by atoms with Crippen molar-refractivity contribution in [1.29, 1.82) is 0 Å².